The van der Waals surface area contributed by atoms with E-state index < -0.39 is 5.97 Å². The van der Waals surface area contributed by atoms with Gasteiger partial charge in [-0.2, -0.15) is 0 Å². The number of aliphatic carboxylic acids is 1. The number of hydrogen-bond acceptors (Lipinski definition) is 5. The van der Waals surface area contributed by atoms with E-state index in [9.17, 15) is 20.1 Å². The fourth-order valence-corrected chi connectivity index (χ4v) is 1.67. The first-order chi connectivity index (χ1) is 9.60. The lowest BCUT2D eigenvalue weighted by atomic mass is 10.2. The van der Waals surface area contributed by atoms with Gasteiger partial charge in [-0.15, -0.1) is 0 Å². The van der Waals surface area contributed by atoms with Gasteiger partial charge in [0.1, 0.15) is 0 Å². The second-order valence-electron chi connectivity index (χ2n) is 4.94. The second-order valence-corrected chi connectivity index (χ2v) is 4.94. The second kappa shape index (κ2) is 11.8. The van der Waals surface area contributed by atoms with E-state index in [-0.39, 0.29) is 37.6 Å². The van der Waals surface area contributed by atoms with Crippen LogP contribution in [0.15, 0.2) is 12.2 Å². The molecule has 0 heterocycles. The minimum atomic E-state index is -1.20. The first kappa shape index (κ1) is 19.1. The number of rotatable bonds is 13. The molecule has 0 atom stereocenters. The van der Waals surface area contributed by atoms with Crippen LogP contribution in [0.1, 0.15) is 39.0 Å². The van der Waals surface area contributed by atoms with Gasteiger partial charge in [0.25, 0.3) is 0 Å². The standard InChI is InChI=1S/C14H27NO5/c1-2-3-4-5-6-7-10-20-13-15(11-16,12-17)9-8-14(18)19/h6-7,16-17H,2-5,8-13H2,1H3/b7-6+. The summed E-state index contributed by atoms with van der Waals surface area (Å²) < 4.78 is 5.16. The third kappa shape index (κ3) is 9.03. The Kier molecular flexibility index (Phi) is 11.3. The number of aliphatic hydroxyl groups excluding tert-OH is 2. The summed E-state index contributed by atoms with van der Waals surface area (Å²) in [6, 6.07) is 0. The monoisotopic (exact) mass is 289 g/mol. The number of quaternary nitrogens is 1. The van der Waals surface area contributed by atoms with Crippen molar-refractivity contribution in [1.82, 2.24) is 0 Å². The zero-order chi connectivity index (χ0) is 15.3. The molecule has 0 unspecified atom stereocenters. The van der Waals surface area contributed by atoms with Gasteiger partial charge in [-0.25, -0.2) is 0 Å². The molecule has 0 amide bonds. The van der Waals surface area contributed by atoms with Crippen LogP contribution >= 0.6 is 0 Å². The topological polar surface area (TPSA) is 89.8 Å². The van der Waals surface area contributed by atoms with Gasteiger partial charge < -0.3 is 24.9 Å². The molecule has 0 rings (SSSR count). The lowest BCUT2D eigenvalue weighted by molar-refractivity contribution is -0.976. The van der Waals surface area contributed by atoms with Crippen molar-refractivity contribution >= 4 is 5.97 Å². The van der Waals surface area contributed by atoms with Crippen LogP contribution in [0, 0.1) is 0 Å². The average molecular weight is 289 g/mol. The minimum Gasteiger partial charge on any atom is -0.550 e. The van der Waals surface area contributed by atoms with E-state index in [1.165, 1.54) is 12.8 Å². The van der Waals surface area contributed by atoms with Crippen molar-refractivity contribution in [3.05, 3.63) is 12.2 Å². The Hall–Kier alpha value is -0.950. The van der Waals surface area contributed by atoms with Gasteiger partial charge in [0.2, 0.25) is 0 Å². The van der Waals surface area contributed by atoms with E-state index in [1.54, 1.807) is 0 Å². The van der Waals surface area contributed by atoms with E-state index in [2.05, 4.69) is 6.92 Å². The number of unbranched alkanes of at least 4 members (excludes halogenated alkanes) is 3. The molecule has 0 aromatic rings. The van der Waals surface area contributed by atoms with Gasteiger partial charge >= 0.3 is 0 Å². The van der Waals surface area contributed by atoms with Crippen LogP contribution in [0.4, 0.5) is 0 Å². The van der Waals surface area contributed by atoms with Gasteiger partial charge in [0.05, 0.1) is 13.2 Å². The van der Waals surface area contributed by atoms with Gasteiger partial charge in [-0.1, -0.05) is 31.9 Å². The molecular weight excluding hydrogens is 262 g/mol. The van der Waals surface area contributed by atoms with Crippen LogP contribution in [0.25, 0.3) is 0 Å². The van der Waals surface area contributed by atoms with Crippen LogP contribution in [0.3, 0.4) is 0 Å². The van der Waals surface area contributed by atoms with Crippen molar-refractivity contribution < 1.29 is 29.3 Å². The Labute approximate surface area is 120 Å². The highest BCUT2D eigenvalue weighted by atomic mass is 16.5. The quantitative estimate of drug-likeness (QED) is 0.215. The van der Waals surface area contributed by atoms with Crippen molar-refractivity contribution in [1.29, 1.82) is 0 Å². The summed E-state index contributed by atoms with van der Waals surface area (Å²) in [5, 5.41) is 29.0. The molecular formula is C14H27NO5. The largest absolute Gasteiger partial charge is 0.550 e. The maximum Gasteiger partial charge on any atom is 0.187 e. The summed E-state index contributed by atoms with van der Waals surface area (Å²) in [7, 11) is 0. The molecule has 0 aliphatic heterocycles. The fourth-order valence-electron chi connectivity index (χ4n) is 1.67. The summed E-state index contributed by atoms with van der Waals surface area (Å²) in [5.41, 5.74) is 0. The summed E-state index contributed by atoms with van der Waals surface area (Å²) in [5.74, 6) is -1.20. The molecule has 2 N–H and O–H groups in total. The SMILES string of the molecule is CCCCC/C=C/COC[N+](CO)(CO)CCC(=O)[O-]. The molecule has 0 aliphatic rings. The number of hydrogen-bond donors (Lipinski definition) is 2. The van der Waals surface area contributed by atoms with Crippen LogP contribution in [-0.4, -0.2) is 54.0 Å². The van der Waals surface area contributed by atoms with Gasteiger partial charge in [0, 0.05) is 12.4 Å². The predicted molar refractivity (Wildman–Crippen MR) is 73.0 cm³/mol. The predicted octanol–water partition coefficient (Wildman–Crippen LogP) is -0.0466. The number of carboxylic acid groups (broad SMARTS) is 1. The molecule has 0 fully saturated rings. The Morgan fingerprint density at radius 2 is 1.95 bits per heavy atom. The van der Waals surface area contributed by atoms with Crippen LogP contribution in [0.5, 0.6) is 0 Å². The molecule has 0 saturated carbocycles. The molecule has 6 nitrogen and oxygen atoms in total. The van der Waals surface area contributed by atoms with Crippen molar-refractivity contribution in [3.63, 3.8) is 0 Å². The highest BCUT2D eigenvalue weighted by molar-refractivity contribution is 5.64. The Morgan fingerprint density at radius 3 is 2.50 bits per heavy atom. The molecule has 0 aliphatic carbocycles. The smallest absolute Gasteiger partial charge is 0.187 e. The summed E-state index contributed by atoms with van der Waals surface area (Å²) >= 11 is 0. The van der Waals surface area contributed by atoms with Crippen molar-refractivity contribution in [2.24, 2.45) is 0 Å². The molecule has 118 valence electrons. The minimum absolute atomic E-state index is 0.0690. The Balaban J connectivity index is 3.93. The van der Waals surface area contributed by atoms with Gasteiger partial charge in [-0.05, 0) is 12.8 Å². The molecule has 6 heteroatoms. The highest BCUT2D eigenvalue weighted by Gasteiger charge is 2.25. The molecule has 0 radical (unpaired) electrons. The molecule has 0 bridgehead atoms. The number of carbonyl (C=O) groups excluding carboxylic acids is 1. The first-order valence-corrected chi connectivity index (χ1v) is 7.09. The third-order valence-electron chi connectivity index (χ3n) is 3.11. The van der Waals surface area contributed by atoms with Crippen molar-refractivity contribution in [2.75, 3.05) is 33.3 Å². The van der Waals surface area contributed by atoms with Crippen LogP contribution in [0.2, 0.25) is 0 Å². The number of carboxylic acids is 1. The van der Waals surface area contributed by atoms with Gasteiger partial charge in [0.15, 0.2) is 20.2 Å². The van der Waals surface area contributed by atoms with Crippen LogP contribution in [-0.2, 0) is 9.53 Å². The summed E-state index contributed by atoms with van der Waals surface area (Å²) in [4.78, 5) is 10.4. The zero-order valence-electron chi connectivity index (χ0n) is 12.3. The Morgan fingerprint density at radius 1 is 1.25 bits per heavy atom. The number of carbonyl (C=O) groups is 1. The molecule has 0 spiro atoms. The molecule has 0 saturated heterocycles. The highest BCUT2D eigenvalue weighted by Crippen LogP contribution is 2.06. The summed E-state index contributed by atoms with van der Waals surface area (Å²) in [6.45, 7) is 1.95. The van der Waals surface area contributed by atoms with E-state index in [4.69, 9.17) is 4.74 Å². The van der Waals surface area contributed by atoms with Crippen molar-refractivity contribution in [3.8, 4) is 0 Å². The molecule has 0 aromatic carbocycles. The average Bonchev–Trinajstić information content (AvgIpc) is 2.45. The van der Waals surface area contributed by atoms with E-state index in [0.717, 1.165) is 12.8 Å². The maximum absolute atomic E-state index is 10.4. The summed E-state index contributed by atoms with van der Waals surface area (Å²) in [6.07, 6.45) is 8.30. The van der Waals surface area contributed by atoms with Gasteiger partial charge in [-0.3, -0.25) is 4.48 Å². The number of nitrogens with zero attached hydrogens (tertiary/aromatic N) is 1. The van der Waals surface area contributed by atoms with E-state index in [1.807, 2.05) is 12.2 Å². The maximum atomic E-state index is 10.4. The molecule has 20 heavy (non-hydrogen) atoms. The van der Waals surface area contributed by atoms with Crippen LogP contribution < -0.4 is 5.11 Å². The normalized spacial score (nSPS) is 12.2. The number of allylic oxidation sites excluding steroid dienone is 1. The lowest BCUT2D eigenvalue weighted by Gasteiger charge is -2.33. The third-order valence-corrected chi connectivity index (χ3v) is 3.11. The van der Waals surface area contributed by atoms with E-state index in [0.29, 0.717) is 6.61 Å². The lowest BCUT2D eigenvalue weighted by Crippen LogP contribution is -2.52. The number of aliphatic hydroxyl groups is 2. The number of ether oxygens (including phenoxy) is 1. The van der Waals surface area contributed by atoms with E-state index >= 15 is 0 Å². The Bertz CT molecular complexity index is 277. The fraction of sp³-hybridized carbons (Fsp3) is 0.786. The van der Waals surface area contributed by atoms with Crippen molar-refractivity contribution in [2.45, 2.75) is 39.0 Å². The zero-order valence-corrected chi connectivity index (χ0v) is 12.3. The first-order valence-electron chi connectivity index (χ1n) is 7.09. The molecule has 0 aromatic heterocycles.